The summed E-state index contributed by atoms with van der Waals surface area (Å²) in [6, 6.07) is 2.28. The average molecular weight is 344 g/mol. The second kappa shape index (κ2) is 7.60. The van der Waals surface area contributed by atoms with Gasteiger partial charge in [0.1, 0.15) is 0 Å². The number of carbonyl (C=O) groups excluding carboxylic acids is 1. The lowest BCUT2D eigenvalue weighted by atomic mass is 9.85. The summed E-state index contributed by atoms with van der Waals surface area (Å²) in [5.41, 5.74) is 1.96. The second-order valence-corrected chi connectivity index (χ2v) is 6.36. The number of amides is 1. The molecular weight excluding hydrogens is 320 g/mol. The zero-order valence-electron chi connectivity index (χ0n) is 14.8. The van der Waals surface area contributed by atoms with Crippen LogP contribution in [0, 0.1) is 5.92 Å². The number of likely N-dealkylation sites (tertiary alicyclic amines) is 1. The van der Waals surface area contributed by atoms with Crippen LogP contribution in [-0.4, -0.2) is 51.3 Å². The van der Waals surface area contributed by atoms with Crippen LogP contribution in [0.15, 0.2) is 24.7 Å². The zero-order valence-corrected chi connectivity index (χ0v) is 14.8. The normalized spacial score (nSPS) is 20.8. The highest BCUT2D eigenvalue weighted by atomic mass is 16.5. The van der Waals surface area contributed by atoms with Gasteiger partial charge in [-0.3, -0.25) is 9.48 Å². The van der Waals surface area contributed by atoms with Gasteiger partial charge >= 0.3 is 6.01 Å². The van der Waals surface area contributed by atoms with Crippen molar-refractivity contribution in [3.8, 4) is 6.01 Å². The molecule has 1 N–H and O–H groups in total. The minimum Gasteiger partial charge on any atom is -0.467 e. The predicted molar refractivity (Wildman–Crippen MR) is 91.7 cm³/mol. The minimum absolute atomic E-state index is 0.0439. The van der Waals surface area contributed by atoms with Crippen LogP contribution in [0.1, 0.15) is 30.1 Å². The Morgan fingerprint density at radius 1 is 1.40 bits per heavy atom. The molecule has 2 atom stereocenters. The molecule has 1 aliphatic rings. The van der Waals surface area contributed by atoms with Crippen molar-refractivity contribution in [3.63, 3.8) is 0 Å². The van der Waals surface area contributed by atoms with Crippen molar-refractivity contribution in [1.82, 2.24) is 30.0 Å². The third kappa shape index (κ3) is 3.96. The van der Waals surface area contributed by atoms with Crippen LogP contribution in [0.3, 0.4) is 0 Å². The smallest absolute Gasteiger partial charge is 0.316 e. The summed E-state index contributed by atoms with van der Waals surface area (Å²) in [7, 11) is 5.32. The Kier molecular flexibility index (Phi) is 5.28. The monoisotopic (exact) mass is 344 g/mol. The fourth-order valence-electron chi connectivity index (χ4n) is 3.38. The molecule has 2 aromatic heterocycles. The number of methoxy groups -OCH3 is 1. The number of nitrogens with one attached hydrogen (secondary N) is 1. The first-order chi connectivity index (χ1) is 12.1. The lowest BCUT2D eigenvalue weighted by molar-refractivity contribution is -0.137. The molecule has 0 spiro atoms. The van der Waals surface area contributed by atoms with E-state index in [2.05, 4.69) is 20.4 Å². The van der Waals surface area contributed by atoms with Gasteiger partial charge in [0.15, 0.2) is 0 Å². The van der Waals surface area contributed by atoms with Crippen molar-refractivity contribution >= 4 is 5.91 Å². The average Bonchev–Trinajstić information content (AvgIpc) is 3.04. The van der Waals surface area contributed by atoms with Crippen LogP contribution in [0.5, 0.6) is 6.01 Å². The summed E-state index contributed by atoms with van der Waals surface area (Å²) in [5.74, 6) is 0.515. The molecule has 0 unspecified atom stereocenters. The first-order valence-corrected chi connectivity index (χ1v) is 8.39. The maximum absolute atomic E-state index is 12.1. The molecule has 3 heterocycles. The van der Waals surface area contributed by atoms with Crippen LogP contribution >= 0.6 is 0 Å². The van der Waals surface area contributed by atoms with Gasteiger partial charge in [0.2, 0.25) is 5.91 Å². The van der Waals surface area contributed by atoms with Gasteiger partial charge in [-0.2, -0.15) is 10.1 Å². The number of nitrogens with zero attached hydrogens (tertiary/aromatic N) is 5. The molecule has 0 radical (unpaired) electrons. The molecule has 134 valence electrons. The molecule has 0 aromatic carbocycles. The van der Waals surface area contributed by atoms with Crippen molar-refractivity contribution in [2.75, 3.05) is 20.7 Å². The molecule has 1 saturated heterocycles. The molecule has 8 heteroatoms. The fourth-order valence-corrected chi connectivity index (χ4v) is 3.38. The lowest BCUT2D eigenvalue weighted by Gasteiger charge is -2.38. The highest BCUT2D eigenvalue weighted by Gasteiger charge is 2.35. The zero-order chi connectivity index (χ0) is 17.8. The quantitative estimate of drug-likeness (QED) is 0.839. The van der Waals surface area contributed by atoms with Gasteiger partial charge in [-0.15, -0.1) is 0 Å². The summed E-state index contributed by atoms with van der Waals surface area (Å²) < 4.78 is 6.83. The first kappa shape index (κ1) is 17.3. The molecule has 0 saturated carbocycles. The molecule has 3 rings (SSSR count). The van der Waals surface area contributed by atoms with Gasteiger partial charge in [-0.05, 0) is 18.4 Å². The van der Waals surface area contributed by atoms with Gasteiger partial charge in [0.05, 0.1) is 25.0 Å². The molecule has 0 aliphatic carbocycles. The number of carbonyl (C=O) groups is 1. The van der Waals surface area contributed by atoms with Gasteiger partial charge in [0.25, 0.3) is 0 Å². The number of hydrogen-bond acceptors (Lipinski definition) is 6. The number of hydrogen-bond donors (Lipinski definition) is 1. The minimum atomic E-state index is 0.0439. The van der Waals surface area contributed by atoms with Crippen LogP contribution < -0.4 is 10.1 Å². The third-order valence-electron chi connectivity index (χ3n) is 4.64. The maximum atomic E-state index is 12.1. The Labute approximate surface area is 147 Å². The van der Waals surface area contributed by atoms with E-state index >= 15 is 0 Å². The standard InChI is InChI=1S/C17H24N6O2/c1-22-11-13(9-20-22)16-12(4-5-15(24)23(16)2)8-18-10-14-6-7-19-17(21-14)25-3/h6-7,9,11-12,16,18H,4-5,8,10H2,1-3H3/t12-,16+/m1/s1. The van der Waals surface area contributed by atoms with Gasteiger partial charge in [-0.25, -0.2) is 4.98 Å². The lowest BCUT2D eigenvalue weighted by Crippen LogP contribution is -2.43. The van der Waals surface area contributed by atoms with E-state index in [1.54, 1.807) is 18.0 Å². The fraction of sp³-hybridized carbons (Fsp3) is 0.529. The van der Waals surface area contributed by atoms with E-state index in [0.29, 0.717) is 24.9 Å². The maximum Gasteiger partial charge on any atom is 0.316 e. The molecule has 1 aliphatic heterocycles. The van der Waals surface area contributed by atoms with Crippen LogP contribution in [-0.2, 0) is 18.4 Å². The van der Waals surface area contributed by atoms with Crippen LogP contribution in [0.2, 0.25) is 0 Å². The Hall–Kier alpha value is -2.48. The summed E-state index contributed by atoms with van der Waals surface area (Å²) in [6.45, 7) is 1.43. The molecule has 25 heavy (non-hydrogen) atoms. The topological polar surface area (TPSA) is 85.2 Å². The van der Waals surface area contributed by atoms with E-state index in [4.69, 9.17) is 4.74 Å². The van der Waals surface area contributed by atoms with Crippen molar-refractivity contribution in [3.05, 3.63) is 35.9 Å². The largest absolute Gasteiger partial charge is 0.467 e. The SMILES string of the molecule is COc1nccc(CNC[C@H]2CCC(=O)N(C)[C@@H]2c2cnn(C)c2)n1. The molecule has 2 aromatic rings. The van der Waals surface area contributed by atoms with Crippen LogP contribution in [0.4, 0.5) is 0 Å². The van der Waals surface area contributed by atoms with Gasteiger partial charge in [-0.1, -0.05) is 0 Å². The van der Waals surface area contributed by atoms with Crippen molar-refractivity contribution in [2.24, 2.45) is 13.0 Å². The Balaban J connectivity index is 1.65. The summed E-state index contributed by atoms with van der Waals surface area (Å²) in [4.78, 5) is 22.3. The molecule has 1 amide bonds. The van der Waals surface area contributed by atoms with E-state index < -0.39 is 0 Å². The summed E-state index contributed by atoms with van der Waals surface area (Å²) in [5, 5.41) is 7.71. The Bertz CT molecular complexity index is 731. The van der Waals surface area contributed by atoms with E-state index in [9.17, 15) is 4.79 Å². The van der Waals surface area contributed by atoms with E-state index in [-0.39, 0.29) is 11.9 Å². The van der Waals surface area contributed by atoms with Crippen molar-refractivity contribution < 1.29 is 9.53 Å². The molecular formula is C17H24N6O2. The number of rotatable bonds is 6. The van der Waals surface area contributed by atoms with Crippen LogP contribution in [0.25, 0.3) is 0 Å². The number of aryl methyl sites for hydroxylation is 1. The predicted octanol–water partition coefficient (Wildman–Crippen LogP) is 0.918. The Morgan fingerprint density at radius 2 is 2.24 bits per heavy atom. The highest BCUT2D eigenvalue weighted by molar-refractivity contribution is 5.77. The van der Waals surface area contributed by atoms with E-state index in [1.807, 2.05) is 37.5 Å². The van der Waals surface area contributed by atoms with E-state index in [0.717, 1.165) is 24.2 Å². The second-order valence-electron chi connectivity index (χ2n) is 6.36. The van der Waals surface area contributed by atoms with Crippen molar-refractivity contribution in [2.45, 2.75) is 25.4 Å². The first-order valence-electron chi connectivity index (χ1n) is 8.39. The Morgan fingerprint density at radius 3 is 2.96 bits per heavy atom. The number of aromatic nitrogens is 4. The molecule has 1 fully saturated rings. The molecule has 8 nitrogen and oxygen atoms in total. The third-order valence-corrected chi connectivity index (χ3v) is 4.64. The van der Waals surface area contributed by atoms with Gasteiger partial charge in [0, 0.05) is 51.6 Å². The van der Waals surface area contributed by atoms with Gasteiger partial charge < -0.3 is 15.0 Å². The van der Waals surface area contributed by atoms with E-state index in [1.165, 1.54) is 0 Å². The van der Waals surface area contributed by atoms with Crippen molar-refractivity contribution in [1.29, 1.82) is 0 Å². The number of piperidine rings is 1. The summed E-state index contributed by atoms with van der Waals surface area (Å²) in [6.07, 6.45) is 6.97. The summed E-state index contributed by atoms with van der Waals surface area (Å²) >= 11 is 0. The molecule has 0 bridgehead atoms. The highest BCUT2D eigenvalue weighted by Crippen LogP contribution is 2.35. The number of ether oxygens (including phenoxy) is 1.